The third-order valence-electron chi connectivity index (χ3n) is 5.25. The number of hydrogen-bond acceptors (Lipinski definition) is 4. The predicted molar refractivity (Wildman–Crippen MR) is 96.7 cm³/mol. The molecule has 0 aromatic heterocycles. The van der Waals surface area contributed by atoms with Crippen molar-refractivity contribution in [1.82, 2.24) is 14.5 Å². The molecule has 1 N–H and O–H groups in total. The number of sulfonamides is 1. The highest BCUT2D eigenvalue weighted by molar-refractivity contribution is 7.89. The lowest BCUT2D eigenvalue weighted by atomic mass is 9.95. The van der Waals surface area contributed by atoms with E-state index in [2.05, 4.69) is 12.2 Å². The van der Waals surface area contributed by atoms with Gasteiger partial charge < -0.3 is 10.2 Å². The Morgan fingerprint density at radius 2 is 1.76 bits per heavy atom. The third kappa shape index (κ3) is 3.88. The van der Waals surface area contributed by atoms with Crippen LogP contribution in [0, 0.1) is 12.8 Å². The van der Waals surface area contributed by atoms with E-state index < -0.39 is 10.0 Å². The number of rotatable bonds is 3. The summed E-state index contributed by atoms with van der Waals surface area (Å²) in [4.78, 5) is 15.0. The van der Waals surface area contributed by atoms with E-state index in [-0.39, 0.29) is 17.9 Å². The molecular formula is C18H27N3O3S. The van der Waals surface area contributed by atoms with Gasteiger partial charge in [-0.1, -0.05) is 17.7 Å². The average molecular weight is 365 g/mol. The maximum Gasteiger partial charge on any atom is 0.243 e. The summed E-state index contributed by atoms with van der Waals surface area (Å²) < 4.78 is 27.0. The molecule has 25 heavy (non-hydrogen) atoms. The fourth-order valence-corrected chi connectivity index (χ4v) is 5.08. The minimum atomic E-state index is -3.47. The first-order chi connectivity index (χ1) is 11.9. The molecule has 7 heteroatoms. The molecule has 2 aliphatic heterocycles. The number of nitrogens with one attached hydrogen (secondary N) is 1. The van der Waals surface area contributed by atoms with Crippen LogP contribution in [0.3, 0.4) is 0 Å². The maximum absolute atomic E-state index is 12.8. The number of carbonyl (C=O) groups is 1. The lowest BCUT2D eigenvalue weighted by molar-refractivity contribution is -0.139. The quantitative estimate of drug-likeness (QED) is 0.874. The molecule has 1 atom stereocenters. The van der Waals surface area contributed by atoms with Crippen LogP contribution in [0.25, 0.3) is 0 Å². The van der Waals surface area contributed by atoms with E-state index in [0.717, 1.165) is 25.2 Å². The van der Waals surface area contributed by atoms with Crippen molar-refractivity contribution in [1.29, 1.82) is 0 Å². The van der Waals surface area contributed by atoms with E-state index in [1.165, 1.54) is 4.31 Å². The van der Waals surface area contributed by atoms with Gasteiger partial charge in [-0.2, -0.15) is 4.31 Å². The zero-order valence-electron chi connectivity index (χ0n) is 14.9. The van der Waals surface area contributed by atoms with E-state index in [1.807, 2.05) is 24.0 Å². The molecule has 2 saturated heterocycles. The number of piperidine rings is 1. The molecule has 2 fully saturated rings. The van der Waals surface area contributed by atoms with Gasteiger partial charge in [0.25, 0.3) is 0 Å². The Morgan fingerprint density at radius 1 is 1.12 bits per heavy atom. The third-order valence-corrected chi connectivity index (χ3v) is 7.16. The Hall–Kier alpha value is -1.44. The topological polar surface area (TPSA) is 69.7 Å². The molecule has 3 rings (SSSR count). The summed E-state index contributed by atoms with van der Waals surface area (Å²) in [6.07, 6.45) is 1.20. The van der Waals surface area contributed by atoms with Crippen LogP contribution in [0.2, 0.25) is 0 Å². The van der Waals surface area contributed by atoms with Crippen molar-refractivity contribution in [3.8, 4) is 0 Å². The normalized spacial score (nSPS) is 23.6. The number of carbonyl (C=O) groups excluding carboxylic acids is 1. The van der Waals surface area contributed by atoms with Gasteiger partial charge >= 0.3 is 0 Å². The zero-order valence-corrected chi connectivity index (χ0v) is 15.8. The predicted octanol–water partition coefficient (Wildman–Crippen LogP) is 1.22. The number of aryl methyl sites for hydroxylation is 1. The average Bonchev–Trinajstić information content (AvgIpc) is 2.62. The van der Waals surface area contributed by atoms with Gasteiger partial charge in [-0.05, 0) is 38.8 Å². The second kappa shape index (κ2) is 7.43. The molecule has 0 aliphatic carbocycles. The molecule has 6 nitrogen and oxygen atoms in total. The monoisotopic (exact) mass is 365 g/mol. The molecule has 2 aliphatic rings. The Labute approximate surface area is 150 Å². The Bertz CT molecular complexity index is 710. The molecule has 0 spiro atoms. The summed E-state index contributed by atoms with van der Waals surface area (Å²) in [5.74, 6) is 0.117. The van der Waals surface area contributed by atoms with E-state index in [0.29, 0.717) is 30.8 Å². The Morgan fingerprint density at radius 3 is 2.36 bits per heavy atom. The highest BCUT2D eigenvalue weighted by Crippen LogP contribution is 2.26. The van der Waals surface area contributed by atoms with Crippen LogP contribution in [0.4, 0.5) is 0 Å². The van der Waals surface area contributed by atoms with Crippen molar-refractivity contribution in [2.75, 3.05) is 32.7 Å². The van der Waals surface area contributed by atoms with Crippen LogP contribution >= 0.6 is 0 Å². The number of amides is 1. The van der Waals surface area contributed by atoms with Crippen LogP contribution in [-0.4, -0.2) is 62.3 Å². The number of benzene rings is 1. The number of hydrogen-bond donors (Lipinski definition) is 1. The molecule has 2 heterocycles. The molecular weight excluding hydrogens is 338 g/mol. The van der Waals surface area contributed by atoms with Crippen molar-refractivity contribution < 1.29 is 13.2 Å². The SMILES string of the molecule is Cc1ccc(S(=O)(=O)N2CCC(C(=O)N3CCNCC3C)CC2)cc1. The van der Waals surface area contributed by atoms with Gasteiger partial charge in [-0.3, -0.25) is 4.79 Å². The van der Waals surface area contributed by atoms with Crippen LogP contribution in [0.15, 0.2) is 29.2 Å². The first-order valence-electron chi connectivity index (χ1n) is 8.97. The fourth-order valence-electron chi connectivity index (χ4n) is 3.61. The minimum absolute atomic E-state index is 0.0648. The summed E-state index contributed by atoms with van der Waals surface area (Å²) in [6.45, 7) is 7.21. The minimum Gasteiger partial charge on any atom is -0.337 e. The molecule has 1 aromatic carbocycles. The van der Waals surface area contributed by atoms with Crippen molar-refractivity contribution in [2.45, 2.75) is 37.6 Å². The molecule has 1 aromatic rings. The summed E-state index contributed by atoms with van der Waals surface area (Å²) in [5.41, 5.74) is 1.04. The second-order valence-electron chi connectivity index (χ2n) is 7.08. The molecule has 1 amide bonds. The van der Waals surface area contributed by atoms with E-state index in [1.54, 1.807) is 12.1 Å². The molecule has 1 unspecified atom stereocenters. The van der Waals surface area contributed by atoms with Gasteiger partial charge in [-0.25, -0.2) is 8.42 Å². The van der Waals surface area contributed by atoms with Crippen molar-refractivity contribution in [3.05, 3.63) is 29.8 Å². The highest BCUT2D eigenvalue weighted by atomic mass is 32.2. The molecule has 0 radical (unpaired) electrons. The molecule has 0 bridgehead atoms. The van der Waals surface area contributed by atoms with Gasteiger partial charge in [0.1, 0.15) is 0 Å². The van der Waals surface area contributed by atoms with Crippen LogP contribution < -0.4 is 5.32 Å². The lowest BCUT2D eigenvalue weighted by Crippen LogP contribution is -2.55. The van der Waals surface area contributed by atoms with E-state index in [4.69, 9.17) is 0 Å². The number of nitrogens with zero attached hydrogens (tertiary/aromatic N) is 2. The van der Waals surface area contributed by atoms with Gasteiger partial charge in [0.05, 0.1) is 4.90 Å². The van der Waals surface area contributed by atoms with Crippen LogP contribution in [-0.2, 0) is 14.8 Å². The summed E-state index contributed by atoms with van der Waals surface area (Å²) >= 11 is 0. The van der Waals surface area contributed by atoms with E-state index in [9.17, 15) is 13.2 Å². The van der Waals surface area contributed by atoms with Gasteiger partial charge in [-0.15, -0.1) is 0 Å². The van der Waals surface area contributed by atoms with Crippen LogP contribution in [0.1, 0.15) is 25.3 Å². The van der Waals surface area contributed by atoms with Gasteiger partial charge in [0, 0.05) is 44.7 Å². The van der Waals surface area contributed by atoms with Gasteiger partial charge in [0.2, 0.25) is 15.9 Å². The first-order valence-corrected chi connectivity index (χ1v) is 10.4. The highest BCUT2D eigenvalue weighted by Gasteiger charge is 2.35. The largest absolute Gasteiger partial charge is 0.337 e. The Balaban J connectivity index is 1.63. The summed E-state index contributed by atoms with van der Waals surface area (Å²) in [5, 5.41) is 3.29. The van der Waals surface area contributed by atoms with Gasteiger partial charge in [0.15, 0.2) is 0 Å². The zero-order chi connectivity index (χ0) is 18.0. The summed E-state index contributed by atoms with van der Waals surface area (Å²) in [7, 11) is -3.47. The molecule has 138 valence electrons. The summed E-state index contributed by atoms with van der Waals surface area (Å²) in [6, 6.07) is 7.15. The smallest absolute Gasteiger partial charge is 0.243 e. The second-order valence-corrected chi connectivity index (χ2v) is 9.01. The van der Waals surface area contributed by atoms with E-state index >= 15 is 0 Å². The lowest BCUT2D eigenvalue weighted by Gasteiger charge is -2.38. The maximum atomic E-state index is 12.8. The Kier molecular flexibility index (Phi) is 5.46. The van der Waals surface area contributed by atoms with Crippen LogP contribution in [0.5, 0.6) is 0 Å². The molecule has 0 saturated carbocycles. The first kappa shape index (κ1) is 18.4. The fraction of sp³-hybridized carbons (Fsp3) is 0.611. The van der Waals surface area contributed by atoms with Crippen molar-refractivity contribution in [2.24, 2.45) is 5.92 Å². The number of piperazine rings is 1. The van der Waals surface area contributed by atoms with Crippen molar-refractivity contribution >= 4 is 15.9 Å². The van der Waals surface area contributed by atoms with Crippen molar-refractivity contribution in [3.63, 3.8) is 0 Å². The standard InChI is InChI=1S/C18H27N3O3S/c1-14-3-5-17(6-4-14)25(23,24)20-10-7-16(8-11-20)18(22)21-12-9-19-13-15(21)2/h3-6,15-16,19H,7-13H2,1-2H3.